The summed E-state index contributed by atoms with van der Waals surface area (Å²) in [6.07, 6.45) is 0. The summed E-state index contributed by atoms with van der Waals surface area (Å²) in [6.45, 7) is 2.12. The Labute approximate surface area is 106 Å². The Morgan fingerprint density at radius 2 is 2.22 bits per heavy atom. The number of nitro benzene ring substituents is 1. The van der Waals surface area contributed by atoms with Crippen LogP contribution < -0.4 is 5.32 Å². The lowest BCUT2D eigenvalue weighted by Gasteiger charge is -2.21. The largest absolute Gasteiger partial charge is 0.340 e. The maximum atomic E-state index is 11.8. The molecule has 0 aliphatic rings. The number of hydrogen-bond donors (Lipinski definition) is 1. The van der Waals surface area contributed by atoms with E-state index in [0.29, 0.717) is 6.54 Å². The van der Waals surface area contributed by atoms with E-state index in [2.05, 4.69) is 5.32 Å². The van der Waals surface area contributed by atoms with E-state index in [9.17, 15) is 14.9 Å². The molecule has 1 rings (SSSR count). The molecule has 0 spiro atoms. The SMILES string of the molecule is CNC(C)C(=O)N(C)Cc1cccc([N+](=O)[O-])c1. The third-order valence-corrected chi connectivity index (χ3v) is 2.72. The van der Waals surface area contributed by atoms with Crippen molar-refractivity contribution >= 4 is 11.6 Å². The maximum absolute atomic E-state index is 11.8. The van der Waals surface area contributed by atoms with Gasteiger partial charge in [-0.3, -0.25) is 14.9 Å². The second-order valence-corrected chi connectivity index (χ2v) is 4.13. The van der Waals surface area contributed by atoms with Gasteiger partial charge in [0.05, 0.1) is 11.0 Å². The molecule has 0 saturated carbocycles. The molecule has 0 aliphatic carbocycles. The van der Waals surface area contributed by atoms with Crippen LogP contribution in [-0.2, 0) is 11.3 Å². The van der Waals surface area contributed by atoms with Gasteiger partial charge in [-0.25, -0.2) is 0 Å². The molecular weight excluding hydrogens is 234 g/mol. The Bertz CT molecular complexity index is 448. The smallest absolute Gasteiger partial charge is 0.269 e. The summed E-state index contributed by atoms with van der Waals surface area (Å²) < 4.78 is 0. The Kier molecular flexibility index (Phi) is 4.79. The monoisotopic (exact) mass is 251 g/mol. The van der Waals surface area contributed by atoms with Crippen molar-refractivity contribution in [3.8, 4) is 0 Å². The minimum atomic E-state index is -0.443. The van der Waals surface area contributed by atoms with Gasteiger partial charge >= 0.3 is 0 Å². The topological polar surface area (TPSA) is 75.5 Å². The Balaban J connectivity index is 2.75. The van der Waals surface area contributed by atoms with E-state index in [4.69, 9.17) is 0 Å². The fraction of sp³-hybridized carbons (Fsp3) is 0.417. The highest BCUT2D eigenvalue weighted by atomic mass is 16.6. The van der Waals surface area contributed by atoms with E-state index >= 15 is 0 Å². The fourth-order valence-corrected chi connectivity index (χ4v) is 1.57. The summed E-state index contributed by atoms with van der Waals surface area (Å²) in [5.74, 6) is -0.0518. The van der Waals surface area contributed by atoms with E-state index in [1.807, 2.05) is 0 Å². The molecule has 0 saturated heterocycles. The zero-order valence-corrected chi connectivity index (χ0v) is 10.7. The third kappa shape index (κ3) is 3.53. The van der Waals surface area contributed by atoms with Crippen molar-refractivity contribution in [2.24, 2.45) is 0 Å². The van der Waals surface area contributed by atoms with E-state index < -0.39 is 4.92 Å². The lowest BCUT2D eigenvalue weighted by Crippen LogP contribution is -2.41. The number of nitrogens with one attached hydrogen (secondary N) is 1. The molecule has 6 heteroatoms. The van der Waals surface area contributed by atoms with Crippen LogP contribution >= 0.6 is 0 Å². The average molecular weight is 251 g/mol. The second kappa shape index (κ2) is 6.11. The minimum Gasteiger partial charge on any atom is -0.340 e. The summed E-state index contributed by atoms with van der Waals surface area (Å²) in [7, 11) is 3.39. The Hall–Kier alpha value is -1.95. The molecular formula is C12H17N3O3. The summed E-state index contributed by atoms with van der Waals surface area (Å²) in [4.78, 5) is 23.6. The molecule has 1 N–H and O–H groups in total. The van der Waals surface area contributed by atoms with Crippen molar-refractivity contribution in [1.82, 2.24) is 10.2 Å². The third-order valence-electron chi connectivity index (χ3n) is 2.72. The van der Waals surface area contributed by atoms with Crippen LogP contribution in [0, 0.1) is 10.1 Å². The summed E-state index contributed by atoms with van der Waals surface area (Å²) in [5.41, 5.74) is 0.776. The molecule has 98 valence electrons. The highest BCUT2D eigenvalue weighted by Crippen LogP contribution is 2.14. The molecule has 1 atom stereocenters. The lowest BCUT2D eigenvalue weighted by atomic mass is 10.2. The van der Waals surface area contributed by atoms with Gasteiger partial charge in [-0.2, -0.15) is 0 Å². The lowest BCUT2D eigenvalue weighted by molar-refractivity contribution is -0.384. The standard InChI is InChI=1S/C12H17N3O3/c1-9(13-2)12(16)14(3)8-10-5-4-6-11(7-10)15(17)18/h4-7,9,13H,8H2,1-3H3. The van der Waals surface area contributed by atoms with E-state index in [1.165, 1.54) is 12.1 Å². The number of likely N-dealkylation sites (N-methyl/N-ethyl adjacent to an activating group) is 2. The molecule has 1 amide bonds. The molecule has 0 radical (unpaired) electrons. The van der Waals surface area contributed by atoms with Crippen LogP contribution in [0.2, 0.25) is 0 Å². The number of nitrogens with zero attached hydrogens (tertiary/aromatic N) is 2. The number of carbonyl (C=O) groups is 1. The second-order valence-electron chi connectivity index (χ2n) is 4.13. The van der Waals surface area contributed by atoms with Crippen molar-refractivity contribution in [3.05, 3.63) is 39.9 Å². The van der Waals surface area contributed by atoms with Crippen LogP contribution in [0.3, 0.4) is 0 Å². The maximum Gasteiger partial charge on any atom is 0.269 e. The van der Waals surface area contributed by atoms with Crippen molar-refractivity contribution < 1.29 is 9.72 Å². The quantitative estimate of drug-likeness (QED) is 0.629. The van der Waals surface area contributed by atoms with E-state index in [1.54, 1.807) is 38.1 Å². The van der Waals surface area contributed by atoms with Gasteiger partial charge < -0.3 is 10.2 Å². The van der Waals surface area contributed by atoms with Crippen LogP contribution in [0.4, 0.5) is 5.69 Å². The number of benzene rings is 1. The number of rotatable bonds is 5. The zero-order valence-electron chi connectivity index (χ0n) is 10.7. The first-order chi connectivity index (χ1) is 8.45. The van der Waals surface area contributed by atoms with E-state index in [0.717, 1.165) is 5.56 Å². The van der Waals surface area contributed by atoms with Crippen molar-refractivity contribution in [2.75, 3.05) is 14.1 Å². The van der Waals surface area contributed by atoms with Crippen molar-refractivity contribution in [2.45, 2.75) is 19.5 Å². The molecule has 0 aliphatic heterocycles. The van der Waals surface area contributed by atoms with Gasteiger partial charge in [0.1, 0.15) is 0 Å². The van der Waals surface area contributed by atoms with Gasteiger partial charge in [0, 0.05) is 25.7 Å². The van der Waals surface area contributed by atoms with E-state index in [-0.39, 0.29) is 17.6 Å². The van der Waals surface area contributed by atoms with Gasteiger partial charge in [-0.15, -0.1) is 0 Å². The summed E-state index contributed by atoms with van der Waals surface area (Å²) in [6, 6.07) is 6.03. The minimum absolute atomic E-state index is 0.0370. The van der Waals surface area contributed by atoms with Gasteiger partial charge in [-0.1, -0.05) is 12.1 Å². The number of non-ortho nitro benzene ring substituents is 1. The predicted octanol–water partition coefficient (Wildman–Crippen LogP) is 1.16. The van der Waals surface area contributed by atoms with Gasteiger partial charge in [0.15, 0.2) is 0 Å². The summed E-state index contributed by atoms with van der Waals surface area (Å²) >= 11 is 0. The van der Waals surface area contributed by atoms with Gasteiger partial charge in [0.25, 0.3) is 5.69 Å². The van der Waals surface area contributed by atoms with Crippen molar-refractivity contribution in [1.29, 1.82) is 0 Å². The van der Waals surface area contributed by atoms with Crippen molar-refractivity contribution in [3.63, 3.8) is 0 Å². The highest BCUT2D eigenvalue weighted by molar-refractivity contribution is 5.81. The molecule has 6 nitrogen and oxygen atoms in total. The highest BCUT2D eigenvalue weighted by Gasteiger charge is 2.16. The zero-order chi connectivity index (χ0) is 13.7. The molecule has 18 heavy (non-hydrogen) atoms. The molecule has 0 fully saturated rings. The molecule has 1 unspecified atom stereocenters. The molecule has 0 heterocycles. The van der Waals surface area contributed by atoms with Crippen LogP contribution in [0.5, 0.6) is 0 Å². The van der Waals surface area contributed by atoms with Crippen LogP contribution in [0.1, 0.15) is 12.5 Å². The molecule has 0 bridgehead atoms. The first-order valence-corrected chi connectivity index (χ1v) is 5.61. The molecule has 0 aromatic heterocycles. The van der Waals surface area contributed by atoms with Gasteiger partial charge in [-0.05, 0) is 19.5 Å². The Morgan fingerprint density at radius 3 is 2.78 bits per heavy atom. The van der Waals surface area contributed by atoms with Crippen LogP contribution in [0.15, 0.2) is 24.3 Å². The summed E-state index contributed by atoms with van der Waals surface area (Å²) in [5, 5.41) is 13.5. The first kappa shape index (κ1) is 14.1. The normalized spacial score (nSPS) is 11.9. The first-order valence-electron chi connectivity index (χ1n) is 5.61. The van der Waals surface area contributed by atoms with Crippen LogP contribution in [-0.4, -0.2) is 35.9 Å². The van der Waals surface area contributed by atoms with Crippen LogP contribution in [0.25, 0.3) is 0 Å². The number of nitro groups is 1. The van der Waals surface area contributed by atoms with Gasteiger partial charge in [0.2, 0.25) is 5.91 Å². The number of hydrogen-bond acceptors (Lipinski definition) is 4. The average Bonchev–Trinajstić information content (AvgIpc) is 2.37. The fourth-order valence-electron chi connectivity index (χ4n) is 1.57. The predicted molar refractivity (Wildman–Crippen MR) is 68.1 cm³/mol. The number of carbonyl (C=O) groups excluding carboxylic acids is 1. The Morgan fingerprint density at radius 1 is 1.56 bits per heavy atom. The number of amides is 1. The molecule has 1 aromatic carbocycles. The molecule has 1 aromatic rings.